The van der Waals surface area contributed by atoms with Gasteiger partial charge in [-0.25, -0.2) is 4.79 Å². The van der Waals surface area contributed by atoms with Crippen LogP contribution < -0.4 is 0 Å². The molecule has 19 heavy (non-hydrogen) atoms. The minimum Gasteiger partial charge on any atom is -0.475 e. The molecule has 0 spiro atoms. The molecular formula is C10H8ClN3O5. The quantitative estimate of drug-likeness (QED) is 0.680. The first-order valence-corrected chi connectivity index (χ1v) is 5.47. The van der Waals surface area contributed by atoms with Crippen molar-refractivity contribution in [3.8, 4) is 0 Å². The van der Waals surface area contributed by atoms with E-state index in [0.29, 0.717) is 11.5 Å². The first-order valence-electron chi connectivity index (χ1n) is 5.09. The van der Waals surface area contributed by atoms with E-state index < -0.39 is 16.7 Å². The van der Waals surface area contributed by atoms with Crippen LogP contribution in [-0.4, -0.2) is 25.8 Å². The zero-order valence-corrected chi connectivity index (χ0v) is 10.4. The number of hydrogen-bond acceptors (Lipinski definition) is 5. The molecule has 0 aromatic carbocycles. The lowest BCUT2D eigenvalue weighted by atomic mass is 10.4. The Morgan fingerprint density at radius 1 is 1.63 bits per heavy atom. The lowest BCUT2D eigenvalue weighted by Crippen LogP contribution is -2.03. The van der Waals surface area contributed by atoms with E-state index in [4.69, 9.17) is 21.1 Å². The summed E-state index contributed by atoms with van der Waals surface area (Å²) in [5.41, 5.74) is 0.404. The number of hydrogen-bond donors (Lipinski definition) is 1. The Morgan fingerprint density at radius 3 is 2.79 bits per heavy atom. The van der Waals surface area contributed by atoms with Crippen LogP contribution in [0.3, 0.4) is 0 Å². The number of nitrogens with zero attached hydrogens (tertiary/aromatic N) is 3. The van der Waals surface area contributed by atoms with E-state index in [1.54, 1.807) is 6.92 Å². The van der Waals surface area contributed by atoms with Crippen molar-refractivity contribution in [3.05, 3.63) is 44.5 Å². The molecule has 8 nitrogen and oxygen atoms in total. The number of carbonyl (C=O) groups is 1. The molecule has 2 rings (SSSR count). The Morgan fingerprint density at radius 2 is 2.32 bits per heavy atom. The van der Waals surface area contributed by atoms with E-state index in [0.717, 1.165) is 0 Å². The van der Waals surface area contributed by atoms with Gasteiger partial charge in [-0.2, -0.15) is 4.68 Å². The van der Waals surface area contributed by atoms with Crippen LogP contribution in [0.4, 0.5) is 5.82 Å². The second-order valence-electron chi connectivity index (χ2n) is 3.71. The highest BCUT2D eigenvalue weighted by atomic mass is 35.5. The van der Waals surface area contributed by atoms with Crippen molar-refractivity contribution in [3.63, 3.8) is 0 Å². The molecular weight excluding hydrogens is 278 g/mol. The fraction of sp³-hybridized carbons (Fsp3) is 0.200. The topological polar surface area (TPSA) is 111 Å². The summed E-state index contributed by atoms with van der Waals surface area (Å²) in [7, 11) is 0. The average Bonchev–Trinajstić information content (AvgIpc) is 2.90. The third kappa shape index (κ3) is 2.43. The minimum absolute atomic E-state index is 0.0463. The Hall–Kier alpha value is -2.35. The first kappa shape index (κ1) is 13.1. The van der Waals surface area contributed by atoms with E-state index in [-0.39, 0.29) is 17.3 Å². The van der Waals surface area contributed by atoms with Gasteiger partial charge < -0.3 is 19.6 Å². The molecule has 0 radical (unpaired) electrons. The number of nitro groups is 1. The number of furan rings is 1. The molecule has 9 heteroatoms. The van der Waals surface area contributed by atoms with E-state index in [2.05, 4.69) is 5.10 Å². The number of aromatic nitrogens is 2. The SMILES string of the molecule is Cc1c(Cl)c([N+](=O)[O-])nn1Cc1ccc(C(=O)O)o1. The van der Waals surface area contributed by atoms with Gasteiger partial charge in [0.25, 0.3) is 0 Å². The van der Waals surface area contributed by atoms with Crippen LogP contribution in [0.2, 0.25) is 5.02 Å². The van der Waals surface area contributed by atoms with Crippen molar-refractivity contribution in [2.75, 3.05) is 0 Å². The van der Waals surface area contributed by atoms with Crippen LogP contribution in [0.15, 0.2) is 16.5 Å². The molecule has 0 unspecified atom stereocenters. The molecule has 0 bridgehead atoms. The van der Waals surface area contributed by atoms with Gasteiger partial charge in [-0.05, 0) is 24.0 Å². The Kier molecular flexibility index (Phi) is 3.26. The van der Waals surface area contributed by atoms with Crippen LogP contribution in [0, 0.1) is 17.0 Å². The molecule has 2 aromatic rings. The van der Waals surface area contributed by atoms with Crippen molar-refractivity contribution < 1.29 is 19.2 Å². The Balaban J connectivity index is 2.30. The van der Waals surface area contributed by atoms with Crippen LogP contribution >= 0.6 is 11.6 Å². The summed E-state index contributed by atoms with van der Waals surface area (Å²) in [6.45, 7) is 1.63. The maximum Gasteiger partial charge on any atom is 0.408 e. The standard InChI is InChI=1S/C10H8ClN3O5/c1-5-8(11)9(14(17)18)12-13(5)4-6-2-3-7(19-6)10(15)16/h2-3H,4H2,1H3,(H,15,16). The second-order valence-corrected chi connectivity index (χ2v) is 4.09. The maximum absolute atomic E-state index is 10.7. The van der Waals surface area contributed by atoms with Crippen LogP contribution in [0.5, 0.6) is 0 Å². The van der Waals surface area contributed by atoms with Crippen LogP contribution in [-0.2, 0) is 6.54 Å². The van der Waals surface area contributed by atoms with Gasteiger partial charge in [0.15, 0.2) is 5.02 Å². The second kappa shape index (κ2) is 4.73. The summed E-state index contributed by atoms with van der Waals surface area (Å²) in [5, 5.41) is 23.1. The molecule has 0 saturated heterocycles. The van der Waals surface area contributed by atoms with Crippen molar-refractivity contribution >= 4 is 23.4 Å². The van der Waals surface area contributed by atoms with Crippen molar-refractivity contribution in [2.24, 2.45) is 0 Å². The molecule has 0 saturated carbocycles. The summed E-state index contributed by atoms with van der Waals surface area (Å²) in [4.78, 5) is 20.6. The van der Waals surface area contributed by atoms with E-state index >= 15 is 0 Å². The van der Waals surface area contributed by atoms with Crippen molar-refractivity contribution in [1.82, 2.24) is 9.78 Å². The molecule has 0 fully saturated rings. The maximum atomic E-state index is 10.7. The minimum atomic E-state index is -1.19. The molecule has 0 aliphatic heterocycles. The lowest BCUT2D eigenvalue weighted by molar-refractivity contribution is -0.389. The third-order valence-electron chi connectivity index (χ3n) is 2.47. The fourth-order valence-electron chi connectivity index (χ4n) is 1.50. The van der Waals surface area contributed by atoms with Crippen LogP contribution in [0.25, 0.3) is 0 Å². The van der Waals surface area contributed by atoms with Gasteiger partial charge >= 0.3 is 11.8 Å². The van der Waals surface area contributed by atoms with E-state index in [1.807, 2.05) is 0 Å². The monoisotopic (exact) mass is 285 g/mol. The number of rotatable bonds is 4. The fourth-order valence-corrected chi connectivity index (χ4v) is 1.71. The third-order valence-corrected chi connectivity index (χ3v) is 2.91. The highest BCUT2D eigenvalue weighted by Crippen LogP contribution is 2.27. The molecule has 1 N–H and O–H groups in total. The van der Waals surface area contributed by atoms with E-state index in [9.17, 15) is 14.9 Å². The smallest absolute Gasteiger partial charge is 0.408 e. The molecule has 0 atom stereocenters. The highest BCUT2D eigenvalue weighted by Gasteiger charge is 2.24. The number of carboxylic acids is 1. The predicted octanol–water partition coefficient (Wildman–Crippen LogP) is 2.09. The molecule has 2 aromatic heterocycles. The largest absolute Gasteiger partial charge is 0.475 e. The molecule has 0 aliphatic carbocycles. The summed E-state index contributed by atoms with van der Waals surface area (Å²) in [6, 6.07) is 2.76. The lowest BCUT2D eigenvalue weighted by Gasteiger charge is -1.96. The summed E-state index contributed by atoms with van der Waals surface area (Å²) < 4.78 is 6.32. The summed E-state index contributed by atoms with van der Waals surface area (Å²) in [5.74, 6) is -1.52. The molecule has 0 aliphatic rings. The van der Waals surface area contributed by atoms with Crippen molar-refractivity contribution in [1.29, 1.82) is 0 Å². The predicted molar refractivity (Wildman–Crippen MR) is 63.4 cm³/mol. The summed E-state index contributed by atoms with van der Waals surface area (Å²) >= 11 is 5.78. The van der Waals surface area contributed by atoms with E-state index in [1.165, 1.54) is 16.8 Å². The number of carboxylic acid groups (broad SMARTS) is 1. The molecule has 100 valence electrons. The van der Waals surface area contributed by atoms with Gasteiger partial charge in [-0.3, -0.25) is 0 Å². The van der Waals surface area contributed by atoms with Gasteiger partial charge in [-0.1, -0.05) is 11.6 Å². The number of halogens is 1. The van der Waals surface area contributed by atoms with Crippen molar-refractivity contribution in [2.45, 2.75) is 13.5 Å². The normalized spacial score (nSPS) is 10.6. The average molecular weight is 286 g/mol. The van der Waals surface area contributed by atoms with Crippen LogP contribution in [0.1, 0.15) is 22.0 Å². The van der Waals surface area contributed by atoms with Gasteiger partial charge in [0.05, 0.1) is 10.8 Å². The van der Waals surface area contributed by atoms with Gasteiger partial charge in [0.2, 0.25) is 5.76 Å². The molecule has 0 amide bonds. The zero-order valence-electron chi connectivity index (χ0n) is 9.66. The Labute approximate surface area is 111 Å². The Bertz CT molecular complexity index is 660. The zero-order chi connectivity index (χ0) is 14.2. The first-order chi connectivity index (χ1) is 8.90. The van der Waals surface area contributed by atoms with Gasteiger partial charge in [-0.15, -0.1) is 0 Å². The summed E-state index contributed by atoms with van der Waals surface area (Å²) in [6.07, 6.45) is 0. The number of aromatic carboxylic acids is 1. The van der Waals surface area contributed by atoms with Gasteiger partial charge in [0, 0.05) is 0 Å². The van der Waals surface area contributed by atoms with Gasteiger partial charge in [0.1, 0.15) is 12.3 Å². The highest BCUT2D eigenvalue weighted by molar-refractivity contribution is 6.33. The molecule has 2 heterocycles.